The quantitative estimate of drug-likeness (QED) is 0.456. The average molecular weight is 447 g/mol. The lowest BCUT2D eigenvalue weighted by molar-refractivity contribution is -0.137. The predicted octanol–water partition coefficient (Wildman–Crippen LogP) is 3.48. The van der Waals surface area contributed by atoms with Gasteiger partial charge in [0.05, 0.1) is 29.0 Å². The molecule has 1 saturated heterocycles. The van der Waals surface area contributed by atoms with E-state index in [4.69, 9.17) is 10.4 Å². The molecule has 2 aromatic rings. The molecular formula is C20H16F3N5O4. The number of halogens is 3. The number of aromatic nitrogens is 1. The lowest BCUT2D eigenvalue weighted by Gasteiger charge is -2.35. The summed E-state index contributed by atoms with van der Waals surface area (Å²) in [6, 6.07) is 5.86. The van der Waals surface area contributed by atoms with Crippen LogP contribution in [-0.2, 0) is 11.0 Å². The Balaban J connectivity index is 1.89. The Kier molecular flexibility index (Phi) is 6.29. The largest absolute Gasteiger partial charge is 0.465 e. The van der Waals surface area contributed by atoms with E-state index in [0.29, 0.717) is 25.6 Å². The third kappa shape index (κ3) is 5.12. The van der Waals surface area contributed by atoms with Crippen molar-refractivity contribution in [1.29, 1.82) is 5.26 Å². The number of pyridine rings is 1. The van der Waals surface area contributed by atoms with Gasteiger partial charge in [0.1, 0.15) is 11.8 Å². The number of nitriles is 1. The number of rotatable bonds is 6. The Morgan fingerprint density at radius 1 is 1.16 bits per heavy atom. The fourth-order valence-electron chi connectivity index (χ4n) is 3.06. The summed E-state index contributed by atoms with van der Waals surface area (Å²) in [7, 11) is 0. The van der Waals surface area contributed by atoms with Gasteiger partial charge < -0.3 is 15.3 Å². The Morgan fingerprint density at radius 3 is 2.41 bits per heavy atom. The number of nitrogens with one attached hydrogen (secondary N) is 2. The van der Waals surface area contributed by atoms with Crippen LogP contribution in [-0.4, -0.2) is 41.0 Å². The number of anilines is 3. The van der Waals surface area contributed by atoms with Crippen molar-refractivity contribution in [2.75, 3.05) is 28.6 Å². The number of hydrogen-bond donors (Lipinski definition) is 3. The summed E-state index contributed by atoms with van der Waals surface area (Å²) in [5, 5.41) is 22.1. The number of Topliss-reactive ketones (excluding diaryl/α,β-unsaturated/α-hetero) is 1. The summed E-state index contributed by atoms with van der Waals surface area (Å²) >= 11 is 0. The van der Waals surface area contributed by atoms with Crippen LogP contribution in [0.1, 0.15) is 34.5 Å². The molecule has 0 atom stereocenters. The van der Waals surface area contributed by atoms with Crippen LogP contribution in [0.3, 0.4) is 0 Å². The van der Waals surface area contributed by atoms with Gasteiger partial charge in [0.2, 0.25) is 5.91 Å². The molecule has 166 valence electrons. The minimum atomic E-state index is -4.76. The molecule has 0 radical (unpaired) electrons. The molecule has 1 aliphatic heterocycles. The number of carbonyl (C=O) groups excluding carboxylic acids is 2. The van der Waals surface area contributed by atoms with E-state index in [1.165, 1.54) is 23.2 Å². The van der Waals surface area contributed by atoms with E-state index < -0.39 is 41.6 Å². The maximum Gasteiger partial charge on any atom is 0.418 e. The topological polar surface area (TPSA) is 135 Å². The minimum absolute atomic E-state index is 0.0275. The van der Waals surface area contributed by atoms with Crippen molar-refractivity contribution in [1.82, 2.24) is 4.98 Å². The van der Waals surface area contributed by atoms with Crippen LogP contribution >= 0.6 is 0 Å². The van der Waals surface area contributed by atoms with Gasteiger partial charge in [0.15, 0.2) is 5.78 Å². The van der Waals surface area contributed by atoms with Crippen LogP contribution in [0.4, 0.5) is 35.0 Å². The highest BCUT2D eigenvalue weighted by atomic mass is 19.4. The van der Waals surface area contributed by atoms with Crippen molar-refractivity contribution >= 4 is 34.8 Å². The molecule has 1 fully saturated rings. The number of carboxylic acid groups (broad SMARTS) is 1. The molecule has 0 unspecified atom stereocenters. The molecule has 2 heterocycles. The lowest BCUT2D eigenvalue weighted by atomic mass is 10.0. The normalized spacial score (nSPS) is 13.0. The molecule has 1 aromatic carbocycles. The monoisotopic (exact) mass is 447 g/mol. The fraction of sp³-hybridized carbons (Fsp3) is 0.250. The van der Waals surface area contributed by atoms with E-state index in [-0.39, 0.29) is 22.6 Å². The van der Waals surface area contributed by atoms with Gasteiger partial charge in [-0.05, 0) is 30.7 Å². The molecule has 0 saturated carbocycles. The molecule has 32 heavy (non-hydrogen) atoms. The summed E-state index contributed by atoms with van der Waals surface area (Å²) in [5.74, 6) is -1.65. The minimum Gasteiger partial charge on any atom is -0.465 e. The number of amides is 2. The summed E-state index contributed by atoms with van der Waals surface area (Å²) in [6.45, 7) is 0.763. The van der Waals surface area contributed by atoms with E-state index in [0.717, 1.165) is 6.07 Å². The zero-order valence-corrected chi connectivity index (χ0v) is 16.4. The Labute approximate surface area is 179 Å². The Bertz CT molecular complexity index is 1120. The van der Waals surface area contributed by atoms with Crippen LogP contribution < -0.4 is 15.5 Å². The second kappa shape index (κ2) is 8.93. The molecule has 9 nitrogen and oxygen atoms in total. The molecule has 2 amide bonds. The van der Waals surface area contributed by atoms with Crippen molar-refractivity contribution in [3.63, 3.8) is 0 Å². The van der Waals surface area contributed by atoms with E-state index in [2.05, 4.69) is 10.3 Å². The van der Waals surface area contributed by atoms with Gasteiger partial charge >= 0.3 is 12.3 Å². The number of carbonyl (C=O) groups is 3. The van der Waals surface area contributed by atoms with Gasteiger partial charge in [-0.2, -0.15) is 18.4 Å². The highest BCUT2D eigenvalue weighted by Crippen LogP contribution is 2.42. The molecule has 0 spiro atoms. The smallest absolute Gasteiger partial charge is 0.418 e. The molecule has 3 rings (SSSR count). The Morgan fingerprint density at radius 2 is 1.84 bits per heavy atom. The second-order valence-electron chi connectivity index (χ2n) is 6.87. The average Bonchev–Trinajstić information content (AvgIpc) is 2.67. The van der Waals surface area contributed by atoms with Crippen LogP contribution in [0.5, 0.6) is 0 Å². The van der Waals surface area contributed by atoms with Crippen molar-refractivity contribution < 1.29 is 32.7 Å². The highest BCUT2D eigenvalue weighted by Gasteiger charge is 2.37. The predicted molar refractivity (Wildman–Crippen MR) is 106 cm³/mol. The molecule has 0 aliphatic carbocycles. The zero-order chi connectivity index (χ0) is 23.5. The number of benzene rings is 1. The summed E-state index contributed by atoms with van der Waals surface area (Å²) in [5.41, 5.74) is -1.96. The lowest BCUT2D eigenvalue weighted by Crippen LogP contribution is -2.38. The van der Waals surface area contributed by atoms with Crippen LogP contribution in [0, 0.1) is 11.3 Å². The van der Waals surface area contributed by atoms with Crippen molar-refractivity contribution in [3.05, 3.63) is 47.3 Å². The van der Waals surface area contributed by atoms with Crippen LogP contribution in [0.25, 0.3) is 0 Å². The van der Waals surface area contributed by atoms with Crippen molar-refractivity contribution in [2.45, 2.75) is 19.0 Å². The van der Waals surface area contributed by atoms with Crippen molar-refractivity contribution in [3.8, 4) is 6.07 Å². The van der Waals surface area contributed by atoms with Gasteiger partial charge in [0, 0.05) is 24.8 Å². The van der Waals surface area contributed by atoms with Gasteiger partial charge in [-0.25, -0.2) is 9.78 Å². The first-order valence-electron chi connectivity index (χ1n) is 9.28. The molecule has 1 aromatic heterocycles. The zero-order valence-electron chi connectivity index (χ0n) is 16.4. The number of ketones is 1. The number of alkyl halides is 3. The summed E-state index contributed by atoms with van der Waals surface area (Å²) in [6.07, 6.45) is -5.12. The Hall–Kier alpha value is -4.14. The first kappa shape index (κ1) is 22.5. The third-order valence-electron chi connectivity index (χ3n) is 4.67. The van der Waals surface area contributed by atoms with Crippen LogP contribution in [0.2, 0.25) is 0 Å². The van der Waals surface area contributed by atoms with E-state index in [9.17, 15) is 27.6 Å². The van der Waals surface area contributed by atoms with E-state index in [1.807, 2.05) is 5.32 Å². The van der Waals surface area contributed by atoms with E-state index >= 15 is 0 Å². The first-order valence-corrected chi connectivity index (χ1v) is 9.28. The van der Waals surface area contributed by atoms with E-state index in [1.54, 1.807) is 6.07 Å². The standard InChI is InChI=1S/C20H16F3N5O4/c21-20(22,23)13-7-14(15(27-19(31)32)8-16(13)28-4-1-5-28)26-18(30)9-17(29)11-2-3-25-12(6-11)10-24/h2-3,6-8,27H,1,4-5,9H2,(H,26,30)(H,31,32). The maximum atomic E-state index is 13.6. The molecule has 12 heteroatoms. The van der Waals surface area contributed by atoms with Gasteiger partial charge in [0.25, 0.3) is 0 Å². The second-order valence-corrected chi connectivity index (χ2v) is 6.87. The number of hydrogen-bond acceptors (Lipinski definition) is 6. The molecular weight excluding hydrogens is 431 g/mol. The maximum absolute atomic E-state index is 13.6. The molecule has 0 bridgehead atoms. The van der Waals surface area contributed by atoms with Gasteiger partial charge in [-0.1, -0.05) is 0 Å². The first-order chi connectivity index (χ1) is 15.1. The van der Waals surface area contributed by atoms with Crippen LogP contribution in [0.15, 0.2) is 30.5 Å². The SMILES string of the molecule is N#Cc1cc(C(=O)CC(=O)Nc2cc(C(F)(F)F)c(N3CCC3)cc2NC(=O)O)ccn1. The molecule has 1 aliphatic rings. The van der Waals surface area contributed by atoms with Gasteiger partial charge in [-0.15, -0.1) is 0 Å². The number of nitrogens with zero attached hydrogens (tertiary/aromatic N) is 3. The summed E-state index contributed by atoms with van der Waals surface area (Å²) < 4.78 is 40.9. The third-order valence-corrected chi connectivity index (χ3v) is 4.67. The molecule has 3 N–H and O–H groups in total. The van der Waals surface area contributed by atoms with Crippen molar-refractivity contribution in [2.24, 2.45) is 0 Å². The summed E-state index contributed by atoms with van der Waals surface area (Å²) in [4.78, 5) is 40.9. The highest BCUT2D eigenvalue weighted by molar-refractivity contribution is 6.12. The fourth-order valence-corrected chi connectivity index (χ4v) is 3.06. The van der Waals surface area contributed by atoms with Gasteiger partial charge in [-0.3, -0.25) is 14.9 Å².